The number of fused-ring (bicyclic) bond motifs is 1. The molecule has 320 valence electrons. The fourth-order valence-corrected chi connectivity index (χ4v) is 9.89. The van der Waals surface area contributed by atoms with Crippen molar-refractivity contribution in [2.24, 2.45) is 0 Å². The van der Waals surface area contributed by atoms with Gasteiger partial charge in [-0.1, -0.05) is 34.1 Å². The highest BCUT2D eigenvalue weighted by Crippen LogP contribution is 2.36. The molecule has 4 amide bonds. The first-order chi connectivity index (χ1) is 29.4. The molecule has 4 aromatic rings. The smallest absolute Gasteiger partial charge is 0.255 e. The molecule has 0 saturated carbocycles. The molecule has 1 atom stereocenters. The van der Waals surface area contributed by atoms with Gasteiger partial charge in [-0.2, -0.15) is 0 Å². The molecule has 5 heterocycles. The summed E-state index contributed by atoms with van der Waals surface area (Å²) in [6.07, 6.45) is 2.42. The SMILES string of the molecule is CCN(c1cc(-c2ccc(N3CCN(Cc4cc5c(cc4Br)C(=O)N(C4CCC(=O)NC4=O)C5)CC3)cc2)cc(C(=O)NCc2c(C)cc(C)[nH]c2=O)c1C)C1CCOCC1. The van der Waals surface area contributed by atoms with Gasteiger partial charge in [0.05, 0.1) is 0 Å². The van der Waals surface area contributed by atoms with E-state index in [1.807, 2.05) is 39.0 Å². The summed E-state index contributed by atoms with van der Waals surface area (Å²) in [7, 11) is 0. The fraction of sp³-hybridized carbons (Fsp3) is 0.426. The van der Waals surface area contributed by atoms with E-state index >= 15 is 0 Å². The molecule has 3 N–H and O–H groups in total. The lowest BCUT2D eigenvalue weighted by atomic mass is 9.95. The molecule has 13 nitrogen and oxygen atoms in total. The maximum absolute atomic E-state index is 14.0. The molecule has 3 saturated heterocycles. The van der Waals surface area contributed by atoms with E-state index in [4.69, 9.17) is 4.74 Å². The summed E-state index contributed by atoms with van der Waals surface area (Å²) >= 11 is 3.72. The fourth-order valence-electron chi connectivity index (χ4n) is 9.42. The minimum Gasteiger partial charge on any atom is -0.381 e. The summed E-state index contributed by atoms with van der Waals surface area (Å²) < 4.78 is 6.57. The van der Waals surface area contributed by atoms with Crippen molar-refractivity contribution in [2.75, 3.05) is 55.7 Å². The van der Waals surface area contributed by atoms with E-state index < -0.39 is 11.9 Å². The van der Waals surface area contributed by atoms with Crippen molar-refractivity contribution in [1.82, 2.24) is 25.4 Å². The number of hydrogen-bond acceptors (Lipinski definition) is 9. The Hall–Kier alpha value is -5.31. The largest absolute Gasteiger partial charge is 0.381 e. The molecule has 0 bridgehead atoms. The lowest BCUT2D eigenvalue weighted by molar-refractivity contribution is -0.136. The lowest BCUT2D eigenvalue weighted by Gasteiger charge is -2.37. The molecule has 0 aliphatic carbocycles. The lowest BCUT2D eigenvalue weighted by Crippen LogP contribution is -2.52. The van der Waals surface area contributed by atoms with Gasteiger partial charge in [-0.25, -0.2) is 0 Å². The van der Waals surface area contributed by atoms with Crippen LogP contribution in [-0.2, 0) is 34.0 Å². The van der Waals surface area contributed by atoms with E-state index in [1.54, 1.807) is 4.90 Å². The third-order valence-corrected chi connectivity index (χ3v) is 13.6. The zero-order chi connectivity index (χ0) is 42.9. The number of benzene rings is 3. The van der Waals surface area contributed by atoms with E-state index in [-0.39, 0.29) is 36.2 Å². The first kappa shape index (κ1) is 42.4. The Bertz CT molecular complexity index is 2420. The number of amides is 4. The number of ether oxygens (including phenoxy) is 1. The van der Waals surface area contributed by atoms with Crippen molar-refractivity contribution in [1.29, 1.82) is 0 Å². The second-order valence-corrected chi connectivity index (χ2v) is 17.6. The summed E-state index contributed by atoms with van der Waals surface area (Å²) in [5.41, 5.74) is 10.2. The topological polar surface area (TPSA) is 147 Å². The number of halogens is 1. The number of piperidine rings is 1. The molecule has 0 radical (unpaired) electrons. The normalized spacial score (nSPS) is 18.6. The number of aromatic nitrogens is 1. The third-order valence-electron chi connectivity index (χ3n) is 12.8. The van der Waals surface area contributed by atoms with Crippen LogP contribution in [0.3, 0.4) is 0 Å². The Morgan fingerprint density at radius 1 is 0.918 bits per heavy atom. The van der Waals surface area contributed by atoms with Crippen molar-refractivity contribution in [2.45, 2.75) is 85.1 Å². The molecule has 1 unspecified atom stereocenters. The van der Waals surface area contributed by atoms with Crippen LogP contribution in [0.2, 0.25) is 0 Å². The Morgan fingerprint density at radius 2 is 1.66 bits per heavy atom. The number of pyridine rings is 1. The predicted octanol–water partition coefficient (Wildman–Crippen LogP) is 5.75. The number of carbonyl (C=O) groups excluding carboxylic acids is 4. The molecule has 1 aromatic heterocycles. The van der Waals surface area contributed by atoms with Gasteiger partial charge < -0.3 is 29.7 Å². The molecule has 3 fully saturated rings. The van der Waals surface area contributed by atoms with Gasteiger partial charge in [0.2, 0.25) is 11.8 Å². The number of anilines is 2. The van der Waals surface area contributed by atoms with Crippen LogP contribution in [-0.4, -0.2) is 96.4 Å². The Morgan fingerprint density at radius 3 is 2.34 bits per heavy atom. The minimum absolute atomic E-state index is 0.134. The van der Waals surface area contributed by atoms with Gasteiger partial charge in [0.15, 0.2) is 0 Å². The van der Waals surface area contributed by atoms with E-state index in [1.165, 1.54) is 0 Å². The second-order valence-electron chi connectivity index (χ2n) is 16.7. The zero-order valence-corrected chi connectivity index (χ0v) is 37.0. The number of hydrogen-bond donors (Lipinski definition) is 3. The van der Waals surface area contributed by atoms with Crippen molar-refractivity contribution in [3.05, 3.63) is 114 Å². The Labute approximate surface area is 364 Å². The molecular weight excluding hydrogens is 838 g/mol. The van der Waals surface area contributed by atoms with E-state index in [0.717, 1.165) is 107 Å². The highest BCUT2D eigenvalue weighted by Gasteiger charge is 2.39. The van der Waals surface area contributed by atoms with Crippen LogP contribution < -0.4 is 26.0 Å². The minimum atomic E-state index is -0.637. The molecule has 0 spiro atoms. The first-order valence-corrected chi connectivity index (χ1v) is 22.2. The molecule has 14 heteroatoms. The van der Waals surface area contributed by atoms with Crippen molar-refractivity contribution in [3.8, 4) is 11.1 Å². The van der Waals surface area contributed by atoms with Crippen LogP contribution in [0.4, 0.5) is 11.4 Å². The number of aryl methyl sites for hydroxylation is 2. The van der Waals surface area contributed by atoms with Crippen molar-refractivity contribution >= 4 is 50.9 Å². The number of imide groups is 1. The molecule has 3 aromatic carbocycles. The summed E-state index contributed by atoms with van der Waals surface area (Å²) in [6, 6.07) is 18.3. The van der Waals surface area contributed by atoms with Gasteiger partial charge in [0, 0.05) is 116 Å². The third kappa shape index (κ3) is 8.89. The maximum Gasteiger partial charge on any atom is 0.255 e. The van der Waals surface area contributed by atoms with E-state index in [2.05, 4.69) is 89.6 Å². The highest BCUT2D eigenvalue weighted by atomic mass is 79.9. The molecule has 4 aliphatic heterocycles. The Balaban J connectivity index is 0.958. The summed E-state index contributed by atoms with van der Waals surface area (Å²) in [4.78, 5) is 76.0. The molecule has 61 heavy (non-hydrogen) atoms. The summed E-state index contributed by atoms with van der Waals surface area (Å²) in [6.45, 7) is 14.8. The number of aromatic amines is 1. The van der Waals surface area contributed by atoms with Gasteiger partial charge in [-0.3, -0.25) is 34.2 Å². The predicted molar refractivity (Wildman–Crippen MR) is 239 cm³/mol. The van der Waals surface area contributed by atoms with Gasteiger partial charge >= 0.3 is 0 Å². The van der Waals surface area contributed by atoms with E-state index in [0.29, 0.717) is 48.9 Å². The van der Waals surface area contributed by atoms with Crippen LogP contribution in [0.25, 0.3) is 11.1 Å². The van der Waals surface area contributed by atoms with Crippen molar-refractivity contribution < 1.29 is 23.9 Å². The van der Waals surface area contributed by atoms with Crippen LogP contribution in [0.5, 0.6) is 0 Å². The van der Waals surface area contributed by atoms with Crippen LogP contribution in [0, 0.1) is 20.8 Å². The van der Waals surface area contributed by atoms with E-state index in [9.17, 15) is 24.0 Å². The summed E-state index contributed by atoms with van der Waals surface area (Å²) in [5.74, 6) is -1.09. The zero-order valence-electron chi connectivity index (χ0n) is 35.4. The quantitative estimate of drug-likeness (QED) is 0.160. The average Bonchev–Trinajstić information content (AvgIpc) is 3.55. The van der Waals surface area contributed by atoms with Crippen LogP contribution >= 0.6 is 15.9 Å². The number of carbonyl (C=O) groups is 4. The number of nitrogens with zero attached hydrogens (tertiary/aromatic N) is 4. The molecule has 4 aliphatic rings. The van der Waals surface area contributed by atoms with Crippen molar-refractivity contribution in [3.63, 3.8) is 0 Å². The molecular formula is C47H54BrN7O6. The Kier molecular flexibility index (Phi) is 12.5. The number of nitrogens with one attached hydrogen (secondary N) is 3. The number of rotatable bonds is 11. The standard InChI is InChI=1S/C47H54BrN7O6/c1-5-54(36-12-18-61-19-13-36)42-23-32(22-37(30(42)4)44(57)49-25-39-28(2)20-29(3)50-45(39)58)31-6-8-35(9-7-31)53-16-14-52(15-17-53)26-34-21-33-27-55(47(60)38(33)24-40(34)48)41-10-11-43(56)51-46(41)59/h6-9,20-24,36,41H,5,10-19,25-27H2,1-4H3,(H,49,57)(H,50,58)(H,51,56,59). The average molecular weight is 893 g/mol. The van der Waals surface area contributed by atoms with Gasteiger partial charge in [-0.05, 0) is 117 Å². The van der Waals surface area contributed by atoms with Crippen LogP contribution in [0.1, 0.15) is 86.8 Å². The summed E-state index contributed by atoms with van der Waals surface area (Å²) in [5, 5.41) is 5.43. The second kappa shape index (κ2) is 18.0. The first-order valence-electron chi connectivity index (χ1n) is 21.4. The van der Waals surface area contributed by atoms with Gasteiger partial charge in [0.1, 0.15) is 6.04 Å². The van der Waals surface area contributed by atoms with Crippen LogP contribution in [0.15, 0.2) is 63.9 Å². The number of H-pyrrole nitrogens is 1. The highest BCUT2D eigenvalue weighted by molar-refractivity contribution is 9.10. The molecule has 8 rings (SSSR count). The monoisotopic (exact) mass is 891 g/mol. The number of piperazine rings is 1. The van der Waals surface area contributed by atoms with Gasteiger partial charge in [0.25, 0.3) is 17.4 Å². The maximum atomic E-state index is 14.0. The van der Waals surface area contributed by atoms with Gasteiger partial charge in [-0.15, -0.1) is 0 Å².